The number of rotatable bonds is 1. The maximum absolute atomic E-state index is 9.34. The number of nitrogens with two attached hydrogens (primary N) is 2. The standard InChI is InChI=1S/C2H6N2O2.C2H5O.2Na/c3-1(4)2(5)6;1-2-3;;/h1H,3-4H2,(H,5,6);2H2,1H3;;/q;-1;2*+1/p-1. The predicted molar refractivity (Wildman–Crippen MR) is 27.7 cm³/mol. The summed E-state index contributed by atoms with van der Waals surface area (Å²) in [6.45, 7) is 1.57. The first-order valence-electron chi connectivity index (χ1n) is 2.36. The molecule has 11 heavy (non-hydrogen) atoms. The van der Waals surface area contributed by atoms with Crippen LogP contribution in [0.1, 0.15) is 6.92 Å². The van der Waals surface area contributed by atoms with Crippen LogP contribution in [-0.4, -0.2) is 18.7 Å². The Balaban J connectivity index is -0.0000000437. The molecule has 0 bridgehead atoms. The second kappa shape index (κ2) is 17.4. The number of carboxylic acids is 1. The number of hydrogen-bond donors (Lipinski definition) is 2. The summed E-state index contributed by atoms with van der Waals surface area (Å²) in [5.74, 6) is -1.44. The minimum absolute atomic E-state index is 0. The Bertz CT molecular complexity index is 81.7. The van der Waals surface area contributed by atoms with Gasteiger partial charge in [-0.05, 0) is 0 Å². The number of carbonyl (C=O) groups is 1. The molecule has 0 aromatic heterocycles. The van der Waals surface area contributed by atoms with Crippen LogP contribution < -0.4 is 80.8 Å². The Hall–Kier alpha value is 1.35. The van der Waals surface area contributed by atoms with E-state index in [-0.39, 0.29) is 65.7 Å². The Morgan fingerprint density at radius 2 is 1.55 bits per heavy atom. The van der Waals surface area contributed by atoms with Crippen LogP contribution in [0, 0.1) is 0 Å². The summed E-state index contributed by atoms with van der Waals surface area (Å²) in [4.78, 5) is 9.34. The molecule has 0 amide bonds. The van der Waals surface area contributed by atoms with Crippen molar-refractivity contribution in [2.75, 3.05) is 6.61 Å². The molecule has 0 radical (unpaired) electrons. The van der Waals surface area contributed by atoms with E-state index >= 15 is 0 Å². The fraction of sp³-hybridized carbons (Fsp3) is 0.750. The molecule has 0 spiro atoms. The zero-order chi connectivity index (χ0) is 7.86. The van der Waals surface area contributed by atoms with E-state index in [4.69, 9.17) is 5.11 Å². The molecule has 0 aliphatic carbocycles. The molecule has 0 rings (SSSR count). The van der Waals surface area contributed by atoms with Gasteiger partial charge in [-0.25, -0.2) is 0 Å². The average molecular weight is 180 g/mol. The molecule has 0 saturated heterocycles. The Labute approximate surface area is 110 Å². The summed E-state index contributed by atoms with van der Waals surface area (Å²) < 4.78 is 0. The van der Waals surface area contributed by atoms with Gasteiger partial charge in [-0.1, -0.05) is 6.92 Å². The molecule has 0 aromatic carbocycles. The molecule has 0 aromatic rings. The van der Waals surface area contributed by atoms with E-state index in [2.05, 4.69) is 11.5 Å². The van der Waals surface area contributed by atoms with Crippen molar-refractivity contribution in [3.05, 3.63) is 0 Å². The topological polar surface area (TPSA) is 115 Å². The van der Waals surface area contributed by atoms with Crippen molar-refractivity contribution >= 4 is 5.97 Å². The van der Waals surface area contributed by atoms with Crippen molar-refractivity contribution in [1.82, 2.24) is 0 Å². The summed E-state index contributed by atoms with van der Waals surface area (Å²) in [6.07, 6.45) is -1.34. The van der Waals surface area contributed by atoms with Crippen molar-refractivity contribution in [2.45, 2.75) is 13.1 Å². The van der Waals surface area contributed by atoms with Crippen LogP contribution in [0.4, 0.5) is 0 Å². The van der Waals surface area contributed by atoms with E-state index in [9.17, 15) is 9.90 Å². The largest absolute Gasteiger partial charge is 1.00 e. The summed E-state index contributed by atoms with van der Waals surface area (Å²) in [7, 11) is 0. The predicted octanol–water partition coefficient (Wildman–Crippen LogP) is -9.65. The van der Waals surface area contributed by atoms with Crippen molar-refractivity contribution in [3.63, 3.8) is 0 Å². The van der Waals surface area contributed by atoms with Crippen molar-refractivity contribution in [2.24, 2.45) is 11.5 Å². The van der Waals surface area contributed by atoms with Crippen LogP contribution in [0.5, 0.6) is 0 Å². The number of aliphatic carboxylic acids is 1. The van der Waals surface area contributed by atoms with E-state index in [1.807, 2.05) is 0 Å². The molecule has 0 fully saturated rings. The van der Waals surface area contributed by atoms with Crippen LogP contribution in [0.2, 0.25) is 0 Å². The summed E-state index contributed by atoms with van der Waals surface area (Å²) >= 11 is 0. The van der Waals surface area contributed by atoms with Crippen LogP contribution in [0.25, 0.3) is 0 Å². The van der Waals surface area contributed by atoms with Crippen LogP contribution in [-0.2, 0) is 4.79 Å². The van der Waals surface area contributed by atoms with E-state index in [0.717, 1.165) is 0 Å². The third kappa shape index (κ3) is 34.7. The van der Waals surface area contributed by atoms with Gasteiger partial charge in [-0.3, -0.25) is 0 Å². The Morgan fingerprint density at radius 1 is 1.45 bits per heavy atom. The molecule has 7 heteroatoms. The number of carboxylic acid groups (broad SMARTS) is 1. The fourth-order valence-corrected chi connectivity index (χ4v) is 0. The number of carbonyl (C=O) groups excluding carboxylic acids is 1. The molecule has 4 N–H and O–H groups in total. The molecule has 0 aliphatic heterocycles. The van der Waals surface area contributed by atoms with Crippen LogP contribution >= 0.6 is 0 Å². The third-order valence-corrected chi connectivity index (χ3v) is 0.272. The van der Waals surface area contributed by atoms with Gasteiger partial charge < -0.3 is 26.5 Å². The monoisotopic (exact) mass is 180 g/mol. The fourth-order valence-electron chi connectivity index (χ4n) is 0. The van der Waals surface area contributed by atoms with Gasteiger partial charge in [-0.15, -0.1) is 6.61 Å². The van der Waals surface area contributed by atoms with E-state index < -0.39 is 12.1 Å². The van der Waals surface area contributed by atoms with Crippen molar-refractivity contribution in [3.8, 4) is 0 Å². The van der Waals surface area contributed by atoms with Crippen molar-refractivity contribution < 1.29 is 74.1 Å². The quantitative estimate of drug-likeness (QED) is 0.307. The van der Waals surface area contributed by atoms with Gasteiger partial charge in [-0.2, -0.15) is 0 Å². The average Bonchev–Trinajstić information content (AvgIpc) is 1.68. The summed E-state index contributed by atoms with van der Waals surface area (Å²) in [5.41, 5.74) is 9.10. The van der Waals surface area contributed by atoms with Crippen LogP contribution in [0.15, 0.2) is 0 Å². The summed E-state index contributed by atoms with van der Waals surface area (Å²) in [5, 5.41) is 18.3. The van der Waals surface area contributed by atoms with E-state index in [1.165, 1.54) is 0 Å². The SMILES string of the molecule is CC[O-].NC(N)C(=O)[O-].[Na+].[Na+]. The summed E-state index contributed by atoms with van der Waals surface area (Å²) in [6, 6.07) is 0. The third-order valence-electron chi connectivity index (χ3n) is 0.272. The Morgan fingerprint density at radius 3 is 1.55 bits per heavy atom. The smallest absolute Gasteiger partial charge is 0.855 e. The van der Waals surface area contributed by atoms with E-state index in [0.29, 0.717) is 0 Å². The molecule has 5 nitrogen and oxygen atoms in total. The van der Waals surface area contributed by atoms with Gasteiger partial charge in [0.15, 0.2) is 0 Å². The molecule has 56 valence electrons. The molecular weight excluding hydrogens is 170 g/mol. The van der Waals surface area contributed by atoms with Gasteiger partial charge >= 0.3 is 59.1 Å². The van der Waals surface area contributed by atoms with Gasteiger partial charge in [0.05, 0.1) is 12.1 Å². The molecular formula is C4H10N2Na2O3. The van der Waals surface area contributed by atoms with Gasteiger partial charge in [0.25, 0.3) is 0 Å². The second-order valence-corrected chi connectivity index (χ2v) is 1.13. The van der Waals surface area contributed by atoms with Gasteiger partial charge in [0.2, 0.25) is 0 Å². The zero-order valence-corrected chi connectivity index (χ0v) is 11.2. The van der Waals surface area contributed by atoms with Crippen LogP contribution in [0.3, 0.4) is 0 Å². The molecule has 0 saturated carbocycles. The molecule has 0 aliphatic rings. The minimum Gasteiger partial charge on any atom is -0.855 e. The maximum atomic E-state index is 9.34. The van der Waals surface area contributed by atoms with Gasteiger partial charge in [0.1, 0.15) is 0 Å². The number of hydrogen-bond acceptors (Lipinski definition) is 5. The first kappa shape index (κ1) is 22.8. The van der Waals surface area contributed by atoms with E-state index in [1.54, 1.807) is 6.92 Å². The maximum Gasteiger partial charge on any atom is 1.00 e. The normalized spacial score (nSPS) is 6.64. The van der Waals surface area contributed by atoms with Crippen molar-refractivity contribution in [1.29, 1.82) is 0 Å². The van der Waals surface area contributed by atoms with Gasteiger partial charge in [0, 0.05) is 0 Å². The molecule has 0 atom stereocenters. The first-order valence-corrected chi connectivity index (χ1v) is 2.36. The molecule has 0 unspecified atom stereocenters. The Kier molecular flexibility index (Phi) is 36.2. The minimum atomic E-state index is -1.44. The zero-order valence-electron chi connectivity index (χ0n) is 7.16. The first-order chi connectivity index (χ1) is 4.06. The second-order valence-electron chi connectivity index (χ2n) is 1.13. The molecule has 0 heterocycles.